The molecule has 1 aromatic rings. The zero-order valence-electron chi connectivity index (χ0n) is 10.9. The molecular formula is C13H20F2N2O. The molecule has 0 amide bonds. The summed E-state index contributed by atoms with van der Waals surface area (Å²) in [5, 5.41) is 12.5. The second kappa shape index (κ2) is 5.52. The number of aliphatic hydroxyl groups is 1. The van der Waals surface area contributed by atoms with E-state index in [4.69, 9.17) is 5.73 Å². The van der Waals surface area contributed by atoms with Gasteiger partial charge in [0.15, 0.2) is 5.82 Å². The van der Waals surface area contributed by atoms with Gasteiger partial charge in [-0.05, 0) is 17.9 Å². The summed E-state index contributed by atoms with van der Waals surface area (Å²) in [6.45, 7) is 6.22. The van der Waals surface area contributed by atoms with Crippen LogP contribution in [0.1, 0.15) is 27.2 Å². The minimum atomic E-state index is -0.803. The standard InChI is InChI=1S/C13H20F2N2O/c1-13(2,3)6-9(18)7-17-11-5-8(14)4-10(15)12(11)16/h4-5,9,17-18H,6-7,16H2,1-3H3. The predicted octanol–water partition coefficient (Wildman–Crippen LogP) is 2.76. The Balaban J connectivity index is 2.64. The molecule has 0 aromatic heterocycles. The number of anilines is 2. The lowest BCUT2D eigenvalue weighted by Crippen LogP contribution is -2.25. The van der Waals surface area contributed by atoms with Gasteiger partial charge in [0.05, 0.1) is 17.5 Å². The number of nitrogens with two attached hydrogens (primary N) is 1. The lowest BCUT2D eigenvalue weighted by atomic mass is 9.89. The van der Waals surface area contributed by atoms with Crippen LogP contribution in [0.25, 0.3) is 0 Å². The van der Waals surface area contributed by atoms with Crippen molar-refractivity contribution < 1.29 is 13.9 Å². The van der Waals surface area contributed by atoms with Crippen LogP contribution in [-0.4, -0.2) is 17.8 Å². The van der Waals surface area contributed by atoms with Gasteiger partial charge in [0.1, 0.15) is 5.82 Å². The first-order chi connectivity index (χ1) is 8.19. The predicted molar refractivity (Wildman–Crippen MR) is 69.3 cm³/mol. The van der Waals surface area contributed by atoms with Crippen LogP contribution in [-0.2, 0) is 0 Å². The molecule has 0 aliphatic heterocycles. The van der Waals surface area contributed by atoms with Crippen molar-refractivity contribution in [2.75, 3.05) is 17.6 Å². The zero-order valence-corrected chi connectivity index (χ0v) is 10.9. The van der Waals surface area contributed by atoms with Crippen molar-refractivity contribution in [2.24, 2.45) is 5.41 Å². The van der Waals surface area contributed by atoms with Gasteiger partial charge in [0, 0.05) is 12.6 Å². The topological polar surface area (TPSA) is 58.3 Å². The summed E-state index contributed by atoms with van der Waals surface area (Å²) >= 11 is 0. The van der Waals surface area contributed by atoms with Gasteiger partial charge in [0.25, 0.3) is 0 Å². The Morgan fingerprint density at radius 1 is 1.33 bits per heavy atom. The van der Waals surface area contributed by atoms with Crippen LogP contribution < -0.4 is 11.1 Å². The minimum Gasteiger partial charge on any atom is -0.395 e. The highest BCUT2D eigenvalue weighted by Gasteiger charge is 2.17. The number of nitrogens with one attached hydrogen (secondary N) is 1. The SMILES string of the molecule is CC(C)(C)CC(O)CNc1cc(F)cc(F)c1N. The molecule has 1 atom stereocenters. The maximum Gasteiger partial charge on any atom is 0.151 e. The third-order valence-corrected chi connectivity index (χ3v) is 2.47. The van der Waals surface area contributed by atoms with E-state index >= 15 is 0 Å². The molecule has 0 aliphatic rings. The molecule has 1 unspecified atom stereocenters. The first kappa shape index (κ1) is 14.7. The van der Waals surface area contributed by atoms with Gasteiger partial charge in [-0.2, -0.15) is 0 Å². The molecule has 4 N–H and O–H groups in total. The molecule has 102 valence electrons. The Kier molecular flexibility index (Phi) is 4.51. The molecule has 5 heteroatoms. The van der Waals surface area contributed by atoms with Gasteiger partial charge in [0.2, 0.25) is 0 Å². The first-order valence-electron chi connectivity index (χ1n) is 5.85. The van der Waals surface area contributed by atoms with Gasteiger partial charge in [-0.25, -0.2) is 8.78 Å². The van der Waals surface area contributed by atoms with E-state index in [-0.39, 0.29) is 23.3 Å². The third-order valence-electron chi connectivity index (χ3n) is 2.47. The van der Waals surface area contributed by atoms with Crippen molar-refractivity contribution in [2.45, 2.75) is 33.3 Å². The Bertz CT molecular complexity index is 416. The molecule has 1 rings (SSSR count). The zero-order chi connectivity index (χ0) is 13.9. The largest absolute Gasteiger partial charge is 0.395 e. The monoisotopic (exact) mass is 258 g/mol. The van der Waals surface area contributed by atoms with Crippen molar-refractivity contribution in [3.63, 3.8) is 0 Å². The maximum absolute atomic E-state index is 13.2. The summed E-state index contributed by atoms with van der Waals surface area (Å²) in [5.41, 5.74) is 5.49. The fourth-order valence-corrected chi connectivity index (χ4v) is 1.74. The molecule has 0 heterocycles. The number of rotatable bonds is 4. The van der Waals surface area contributed by atoms with E-state index in [0.29, 0.717) is 6.42 Å². The number of halogens is 2. The summed E-state index contributed by atoms with van der Waals surface area (Å²) in [7, 11) is 0. The number of benzene rings is 1. The average molecular weight is 258 g/mol. The molecule has 1 aromatic carbocycles. The van der Waals surface area contributed by atoms with Crippen LogP contribution >= 0.6 is 0 Å². The van der Waals surface area contributed by atoms with E-state index in [1.165, 1.54) is 0 Å². The Labute approximate surface area is 106 Å². The molecule has 0 spiro atoms. The van der Waals surface area contributed by atoms with E-state index < -0.39 is 17.7 Å². The Morgan fingerprint density at radius 3 is 2.50 bits per heavy atom. The summed E-state index contributed by atoms with van der Waals surface area (Å²) < 4.78 is 26.2. The highest BCUT2D eigenvalue weighted by atomic mass is 19.1. The average Bonchev–Trinajstić information content (AvgIpc) is 2.18. The molecule has 0 bridgehead atoms. The third kappa shape index (κ3) is 4.49. The quantitative estimate of drug-likeness (QED) is 0.728. The molecule has 0 fully saturated rings. The van der Waals surface area contributed by atoms with E-state index in [9.17, 15) is 13.9 Å². The van der Waals surface area contributed by atoms with Gasteiger partial charge in [-0.1, -0.05) is 20.8 Å². The lowest BCUT2D eigenvalue weighted by Gasteiger charge is -2.23. The van der Waals surface area contributed by atoms with Crippen molar-refractivity contribution in [1.82, 2.24) is 0 Å². The number of nitrogen functional groups attached to an aromatic ring is 1. The Morgan fingerprint density at radius 2 is 1.94 bits per heavy atom. The van der Waals surface area contributed by atoms with Gasteiger partial charge in [-0.15, -0.1) is 0 Å². The van der Waals surface area contributed by atoms with Crippen molar-refractivity contribution in [3.8, 4) is 0 Å². The Hall–Kier alpha value is -1.36. The van der Waals surface area contributed by atoms with E-state index in [2.05, 4.69) is 5.32 Å². The van der Waals surface area contributed by atoms with Crippen molar-refractivity contribution >= 4 is 11.4 Å². The second-order valence-electron chi connectivity index (χ2n) is 5.65. The fourth-order valence-electron chi connectivity index (χ4n) is 1.74. The normalized spacial score (nSPS) is 13.4. The molecule has 0 saturated carbocycles. The number of hydrogen-bond donors (Lipinski definition) is 3. The second-order valence-corrected chi connectivity index (χ2v) is 5.65. The molecule has 0 saturated heterocycles. The van der Waals surface area contributed by atoms with Crippen LogP contribution in [0, 0.1) is 17.0 Å². The summed E-state index contributed by atoms with van der Waals surface area (Å²) in [5.74, 6) is -1.50. The van der Waals surface area contributed by atoms with Gasteiger partial charge < -0.3 is 16.2 Å². The van der Waals surface area contributed by atoms with E-state index in [1.54, 1.807) is 0 Å². The van der Waals surface area contributed by atoms with Gasteiger partial charge in [-0.3, -0.25) is 0 Å². The highest BCUT2D eigenvalue weighted by molar-refractivity contribution is 5.66. The van der Waals surface area contributed by atoms with E-state index in [1.807, 2.05) is 20.8 Å². The smallest absolute Gasteiger partial charge is 0.151 e. The minimum absolute atomic E-state index is 0.0141. The first-order valence-corrected chi connectivity index (χ1v) is 5.85. The van der Waals surface area contributed by atoms with Gasteiger partial charge >= 0.3 is 0 Å². The van der Waals surface area contributed by atoms with Crippen LogP contribution in [0.4, 0.5) is 20.2 Å². The van der Waals surface area contributed by atoms with Crippen molar-refractivity contribution in [1.29, 1.82) is 0 Å². The molecular weight excluding hydrogens is 238 g/mol. The van der Waals surface area contributed by atoms with Crippen LogP contribution in [0.3, 0.4) is 0 Å². The molecule has 0 radical (unpaired) electrons. The summed E-state index contributed by atoms with van der Waals surface area (Å²) in [6.07, 6.45) is -0.0201. The maximum atomic E-state index is 13.2. The summed E-state index contributed by atoms with van der Waals surface area (Å²) in [4.78, 5) is 0. The van der Waals surface area contributed by atoms with Crippen LogP contribution in [0.15, 0.2) is 12.1 Å². The fraction of sp³-hybridized carbons (Fsp3) is 0.538. The highest BCUT2D eigenvalue weighted by Crippen LogP contribution is 2.24. The lowest BCUT2D eigenvalue weighted by molar-refractivity contribution is 0.132. The number of aliphatic hydroxyl groups excluding tert-OH is 1. The summed E-state index contributed by atoms with van der Waals surface area (Å²) in [6, 6.07) is 1.84. The molecule has 18 heavy (non-hydrogen) atoms. The number of hydrogen-bond acceptors (Lipinski definition) is 3. The van der Waals surface area contributed by atoms with Crippen LogP contribution in [0.5, 0.6) is 0 Å². The van der Waals surface area contributed by atoms with Crippen molar-refractivity contribution in [3.05, 3.63) is 23.8 Å². The molecule has 3 nitrogen and oxygen atoms in total. The van der Waals surface area contributed by atoms with Crippen LogP contribution in [0.2, 0.25) is 0 Å². The molecule has 0 aliphatic carbocycles. The van der Waals surface area contributed by atoms with E-state index in [0.717, 1.165) is 12.1 Å².